The van der Waals surface area contributed by atoms with Crippen LogP contribution in [0.5, 0.6) is 0 Å². The highest BCUT2D eigenvalue weighted by Crippen LogP contribution is 2.39. The molecule has 2 nitrogen and oxygen atoms in total. The second-order valence-corrected chi connectivity index (χ2v) is 17.6. The third-order valence-corrected chi connectivity index (χ3v) is 8.13. The topological polar surface area (TPSA) is 18.5 Å². The molecule has 1 aliphatic rings. The molecule has 18 heavy (non-hydrogen) atoms. The molecule has 0 aromatic heterocycles. The largest absolute Gasteiger partial charge is 0.498 e. The van der Waals surface area contributed by atoms with E-state index >= 15 is 0 Å². The van der Waals surface area contributed by atoms with Crippen LogP contribution in [0.15, 0.2) is 23.1 Å². The molecule has 0 aromatic rings. The van der Waals surface area contributed by atoms with E-state index in [0.29, 0.717) is 5.54 Å². The molecule has 0 aliphatic heterocycles. The average Bonchev–Trinajstić information content (AvgIpc) is 2.24. The summed E-state index contributed by atoms with van der Waals surface area (Å²) >= 11 is 0. The van der Waals surface area contributed by atoms with Crippen molar-refractivity contribution < 1.29 is 9.47 Å². The first kappa shape index (κ1) is 15.7. The zero-order valence-corrected chi connectivity index (χ0v) is 15.1. The van der Waals surface area contributed by atoms with Gasteiger partial charge in [0.15, 0.2) is 0 Å². The Bertz CT molecular complexity index is 359. The Morgan fingerprint density at radius 1 is 1.00 bits per heavy atom. The molecule has 1 rings (SSSR count). The van der Waals surface area contributed by atoms with Crippen LogP contribution in [0, 0.1) is 0 Å². The Labute approximate surface area is 114 Å². The van der Waals surface area contributed by atoms with E-state index in [1.54, 1.807) is 14.2 Å². The maximum Gasteiger partial charge on any atom is 0.124 e. The van der Waals surface area contributed by atoms with Crippen molar-refractivity contribution in [3.05, 3.63) is 23.1 Å². The fourth-order valence-electron chi connectivity index (χ4n) is 2.54. The summed E-state index contributed by atoms with van der Waals surface area (Å²) in [5.74, 6) is 1.08. The van der Waals surface area contributed by atoms with E-state index in [2.05, 4.69) is 51.4 Å². The first-order valence-corrected chi connectivity index (χ1v) is 13.7. The van der Waals surface area contributed by atoms with Crippen LogP contribution in [-0.2, 0) is 9.47 Å². The maximum absolute atomic E-state index is 5.78. The molecule has 0 spiro atoms. The minimum absolute atomic E-state index is 0.105. The van der Waals surface area contributed by atoms with Gasteiger partial charge in [0.1, 0.15) is 11.9 Å². The van der Waals surface area contributed by atoms with Crippen LogP contribution in [0.3, 0.4) is 0 Å². The number of rotatable bonds is 4. The zero-order chi connectivity index (χ0) is 14.1. The van der Waals surface area contributed by atoms with Gasteiger partial charge in [-0.2, -0.15) is 0 Å². The van der Waals surface area contributed by atoms with E-state index in [9.17, 15) is 0 Å². The van der Waals surface area contributed by atoms with E-state index < -0.39 is 16.1 Å². The minimum Gasteiger partial charge on any atom is -0.498 e. The van der Waals surface area contributed by atoms with E-state index in [-0.39, 0.29) is 6.10 Å². The molecule has 104 valence electrons. The summed E-state index contributed by atoms with van der Waals surface area (Å²) in [5.41, 5.74) is 0.498. The molecule has 0 saturated carbocycles. The summed E-state index contributed by atoms with van der Waals surface area (Å²) in [4.78, 5) is 0. The van der Waals surface area contributed by atoms with Crippen LogP contribution in [0.4, 0.5) is 0 Å². The third kappa shape index (κ3) is 3.16. The molecule has 0 bridgehead atoms. The summed E-state index contributed by atoms with van der Waals surface area (Å²) in [6, 6.07) is 0. The Balaban J connectivity index is 3.25. The predicted octanol–water partition coefficient (Wildman–Crippen LogP) is 4.06. The number of ether oxygens (including phenoxy) is 2. The van der Waals surface area contributed by atoms with E-state index in [1.807, 2.05) is 0 Å². The molecule has 0 heterocycles. The lowest BCUT2D eigenvalue weighted by molar-refractivity contribution is 0.0773. The number of hydrogen-bond donors (Lipinski definition) is 0. The van der Waals surface area contributed by atoms with Crippen LogP contribution in [-0.4, -0.2) is 36.5 Å². The van der Waals surface area contributed by atoms with Crippen LogP contribution in [0.1, 0.15) is 0 Å². The average molecular weight is 285 g/mol. The first-order valence-electron chi connectivity index (χ1n) is 6.62. The maximum atomic E-state index is 5.78. The molecule has 0 fully saturated rings. The van der Waals surface area contributed by atoms with E-state index in [1.165, 1.54) is 5.20 Å². The Morgan fingerprint density at radius 2 is 1.56 bits per heavy atom. The molecule has 0 amide bonds. The highest BCUT2D eigenvalue weighted by atomic mass is 28.3. The Kier molecular flexibility index (Phi) is 4.67. The van der Waals surface area contributed by atoms with E-state index in [4.69, 9.17) is 9.47 Å². The second-order valence-electron chi connectivity index (χ2n) is 7.14. The monoisotopic (exact) mass is 284 g/mol. The van der Waals surface area contributed by atoms with E-state index in [0.717, 1.165) is 5.76 Å². The van der Waals surface area contributed by atoms with Crippen LogP contribution < -0.4 is 0 Å². The molecule has 1 aliphatic carbocycles. The van der Waals surface area contributed by atoms with Gasteiger partial charge in [-0.25, -0.2) is 0 Å². The molecule has 0 unspecified atom stereocenters. The van der Waals surface area contributed by atoms with Crippen molar-refractivity contribution in [3.8, 4) is 0 Å². The van der Waals surface area contributed by atoms with Gasteiger partial charge in [0, 0.05) is 12.7 Å². The van der Waals surface area contributed by atoms with Gasteiger partial charge in [-0.05, 0) is 5.20 Å². The number of allylic oxidation sites excluding steroid dienone is 2. The second kappa shape index (κ2) is 5.35. The summed E-state index contributed by atoms with van der Waals surface area (Å²) < 4.78 is 11.5. The van der Waals surface area contributed by atoms with Gasteiger partial charge in [-0.3, -0.25) is 0 Å². The van der Waals surface area contributed by atoms with Crippen LogP contribution >= 0.6 is 0 Å². The highest BCUT2D eigenvalue weighted by Gasteiger charge is 2.40. The van der Waals surface area contributed by atoms with Crippen molar-refractivity contribution in [3.63, 3.8) is 0 Å². The molecular weight excluding hydrogens is 256 g/mol. The van der Waals surface area contributed by atoms with Crippen molar-refractivity contribution in [1.82, 2.24) is 0 Å². The van der Waals surface area contributed by atoms with Crippen molar-refractivity contribution in [1.29, 1.82) is 0 Å². The normalized spacial score (nSPS) is 25.6. The smallest absolute Gasteiger partial charge is 0.124 e. The summed E-state index contributed by atoms with van der Waals surface area (Å²) in [6.07, 6.45) is 4.79. The van der Waals surface area contributed by atoms with Crippen molar-refractivity contribution in [2.45, 2.75) is 50.9 Å². The van der Waals surface area contributed by atoms with Gasteiger partial charge < -0.3 is 9.47 Å². The Hall–Kier alpha value is -0.326. The van der Waals surface area contributed by atoms with Crippen molar-refractivity contribution in [2.24, 2.45) is 0 Å². The minimum atomic E-state index is -1.38. The Morgan fingerprint density at radius 3 is 1.89 bits per heavy atom. The molecule has 0 aromatic carbocycles. The third-order valence-electron chi connectivity index (χ3n) is 3.60. The molecule has 0 radical (unpaired) electrons. The molecule has 0 saturated heterocycles. The van der Waals surface area contributed by atoms with Gasteiger partial charge in [0.05, 0.1) is 23.3 Å². The standard InChI is InChI=1S/C14H28O2Si2/c1-15-13-11(17(3,4)5)9-10-12(14(13)16-2)18(6,7)8/h9-11,13H,1-8H3/t11-,13-/m1/s1. The fraction of sp³-hybridized carbons (Fsp3) is 0.714. The van der Waals surface area contributed by atoms with Gasteiger partial charge in [0.2, 0.25) is 0 Å². The SMILES string of the molecule is COC1=C([Si](C)(C)C)C=C[C@@H]([Si](C)(C)C)[C@H]1OC. The van der Waals surface area contributed by atoms with Gasteiger partial charge >= 0.3 is 0 Å². The van der Waals surface area contributed by atoms with Crippen molar-refractivity contribution in [2.75, 3.05) is 14.2 Å². The zero-order valence-electron chi connectivity index (χ0n) is 13.1. The van der Waals surface area contributed by atoms with Gasteiger partial charge in [-0.15, -0.1) is 0 Å². The van der Waals surface area contributed by atoms with Crippen LogP contribution in [0.25, 0.3) is 0 Å². The van der Waals surface area contributed by atoms with Crippen LogP contribution in [0.2, 0.25) is 44.8 Å². The summed E-state index contributed by atoms with van der Waals surface area (Å²) in [7, 11) is 0.901. The summed E-state index contributed by atoms with van der Waals surface area (Å²) in [5, 5.41) is 1.39. The van der Waals surface area contributed by atoms with Gasteiger partial charge in [0.25, 0.3) is 0 Å². The van der Waals surface area contributed by atoms with Gasteiger partial charge in [-0.1, -0.05) is 51.4 Å². The lowest BCUT2D eigenvalue weighted by Gasteiger charge is -2.38. The predicted molar refractivity (Wildman–Crippen MR) is 84.4 cm³/mol. The highest BCUT2D eigenvalue weighted by molar-refractivity contribution is 6.84. The first-order chi connectivity index (χ1) is 8.12. The number of hydrogen-bond acceptors (Lipinski definition) is 2. The lowest BCUT2D eigenvalue weighted by Crippen LogP contribution is -2.41. The molecule has 0 N–H and O–H groups in total. The van der Waals surface area contributed by atoms with Crippen molar-refractivity contribution >= 4 is 16.1 Å². The fourth-order valence-corrected chi connectivity index (χ4v) is 5.99. The molecular formula is C14H28O2Si2. The molecule has 2 atom stereocenters. The number of methoxy groups -OCH3 is 2. The quantitative estimate of drug-likeness (QED) is 0.725. The summed E-state index contributed by atoms with van der Waals surface area (Å²) in [6.45, 7) is 14.2. The molecule has 4 heteroatoms. The lowest BCUT2D eigenvalue weighted by atomic mass is 10.1.